The van der Waals surface area contributed by atoms with E-state index in [1.807, 2.05) is 0 Å². The van der Waals surface area contributed by atoms with E-state index < -0.39 is 35.3 Å². The van der Waals surface area contributed by atoms with Crippen molar-refractivity contribution in [2.75, 3.05) is 47.7 Å². The number of aryl methyl sites for hydroxylation is 2. The number of imide groups is 2. The lowest BCUT2D eigenvalue weighted by Crippen LogP contribution is -2.45. The van der Waals surface area contributed by atoms with Crippen LogP contribution >= 0.6 is 0 Å². The largest absolute Gasteiger partial charge is 0.453 e. The zero-order valence-electron chi connectivity index (χ0n) is 28.1. The fourth-order valence-corrected chi connectivity index (χ4v) is 5.77. The topological polar surface area (TPSA) is 158 Å². The zero-order valence-corrected chi connectivity index (χ0v) is 28.1. The molecule has 0 atom stereocenters. The molecule has 0 bridgehead atoms. The summed E-state index contributed by atoms with van der Waals surface area (Å²) in [4.78, 5) is 82.4. The summed E-state index contributed by atoms with van der Waals surface area (Å²) in [6, 6.07) is 8.88. The molecule has 0 spiro atoms. The third-order valence-corrected chi connectivity index (χ3v) is 8.69. The Kier molecular flexibility index (Phi) is 9.83. The molecule has 0 unspecified atom stereocenters. The number of rotatable bonds is 10. The SMILES string of the molecule is COC(=O)Nc1ccc(N2C(=O)N(CCCCCN3C(=O)N(c4ccc(NC(=O)OC)c(C)c4)C(=O)C3(C)C)C(C)(C)C2=O)cc1C. The summed E-state index contributed by atoms with van der Waals surface area (Å²) in [5.74, 6) is -0.717. The lowest BCUT2D eigenvalue weighted by atomic mass is 10.0. The molecular formula is C33H42N6O8. The van der Waals surface area contributed by atoms with Crippen LogP contribution in [0.2, 0.25) is 0 Å². The number of methoxy groups -OCH3 is 2. The fraction of sp³-hybridized carbons (Fsp3) is 0.455. The molecule has 0 saturated carbocycles. The Balaban J connectivity index is 1.37. The Morgan fingerprint density at radius 3 is 1.32 bits per heavy atom. The predicted octanol–water partition coefficient (Wildman–Crippen LogP) is 5.62. The molecule has 0 aliphatic carbocycles. The van der Waals surface area contributed by atoms with Crippen molar-refractivity contribution in [1.82, 2.24) is 9.80 Å². The molecule has 47 heavy (non-hydrogen) atoms. The highest BCUT2D eigenvalue weighted by Crippen LogP contribution is 2.36. The molecule has 2 N–H and O–H groups in total. The van der Waals surface area contributed by atoms with Gasteiger partial charge in [-0.25, -0.2) is 29.0 Å². The third kappa shape index (κ3) is 6.58. The van der Waals surface area contributed by atoms with Crippen LogP contribution in [0, 0.1) is 13.8 Å². The number of ether oxygens (including phenoxy) is 2. The Bertz CT molecular complexity index is 1500. The quantitative estimate of drug-likeness (QED) is 0.248. The summed E-state index contributed by atoms with van der Waals surface area (Å²) in [5.41, 5.74) is 0.964. The van der Waals surface area contributed by atoms with Gasteiger partial charge in [-0.1, -0.05) is 0 Å². The number of carbonyl (C=O) groups is 6. The van der Waals surface area contributed by atoms with E-state index in [9.17, 15) is 28.8 Å². The second kappa shape index (κ2) is 13.3. The lowest BCUT2D eigenvalue weighted by molar-refractivity contribution is -0.124. The van der Waals surface area contributed by atoms with Crippen LogP contribution in [-0.2, 0) is 19.1 Å². The number of benzene rings is 2. The molecule has 2 aromatic rings. The average Bonchev–Trinajstić information content (AvgIpc) is 3.29. The number of urea groups is 2. The molecule has 2 heterocycles. The first kappa shape index (κ1) is 34.7. The summed E-state index contributed by atoms with van der Waals surface area (Å²) in [7, 11) is 2.52. The van der Waals surface area contributed by atoms with E-state index in [2.05, 4.69) is 20.1 Å². The number of nitrogens with zero attached hydrogens (tertiary/aromatic N) is 4. The van der Waals surface area contributed by atoms with Gasteiger partial charge in [-0.15, -0.1) is 0 Å². The van der Waals surface area contributed by atoms with Crippen LogP contribution in [0.25, 0.3) is 0 Å². The van der Waals surface area contributed by atoms with Crippen LogP contribution in [0.3, 0.4) is 0 Å². The molecule has 2 saturated heterocycles. The number of anilines is 4. The van der Waals surface area contributed by atoms with E-state index in [1.54, 1.807) is 87.7 Å². The summed E-state index contributed by atoms with van der Waals surface area (Å²) in [5, 5.41) is 5.19. The number of carbonyl (C=O) groups excluding carboxylic acids is 6. The molecule has 14 nitrogen and oxygen atoms in total. The number of hydrogen-bond donors (Lipinski definition) is 2. The van der Waals surface area contributed by atoms with Crippen LogP contribution < -0.4 is 20.4 Å². The average molecular weight is 651 g/mol. The van der Waals surface area contributed by atoms with E-state index in [0.717, 1.165) is 9.80 Å². The first-order valence-corrected chi connectivity index (χ1v) is 15.3. The third-order valence-electron chi connectivity index (χ3n) is 8.69. The summed E-state index contributed by atoms with van der Waals surface area (Å²) in [6.45, 7) is 11.0. The van der Waals surface area contributed by atoms with Gasteiger partial charge < -0.3 is 19.3 Å². The molecule has 8 amide bonds. The molecule has 0 aromatic heterocycles. The van der Waals surface area contributed by atoms with Gasteiger partial charge in [-0.05, 0) is 108 Å². The maximum Gasteiger partial charge on any atom is 0.411 e. The number of amides is 8. The molecule has 252 valence electrons. The molecule has 2 aromatic carbocycles. The van der Waals surface area contributed by atoms with Crippen LogP contribution in [0.5, 0.6) is 0 Å². The number of hydrogen-bond acceptors (Lipinski definition) is 8. The molecule has 14 heteroatoms. The molecule has 2 aliphatic heterocycles. The van der Waals surface area contributed by atoms with Crippen molar-refractivity contribution in [3.8, 4) is 0 Å². The Morgan fingerprint density at radius 1 is 0.638 bits per heavy atom. The second-order valence-corrected chi connectivity index (χ2v) is 12.6. The number of unbranched alkanes of at least 4 members (excludes halogenated alkanes) is 2. The van der Waals surface area contributed by atoms with Crippen LogP contribution in [-0.4, -0.2) is 84.2 Å². The summed E-state index contributed by atoms with van der Waals surface area (Å²) < 4.78 is 9.27. The van der Waals surface area contributed by atoms with Gasteiger partial charge in [-0.3, -0.25) is 20.2 Å². The summed E-state index contributed by atoms with van der Waals surface area (Å²) >= 11 is 0. The minimum absolute atomic E-state index is 0.322. The van der Waals surface area contributed by atoms with Gasteiger partial charge in [0.05, 0.1) is 25.6 Å². The van der Waals surface area contributed by atoms with Gasteiger partial charge in [0.25, 0.3) is 11.8 Å². The zero-order chi connectivity index (χ0) is 34.8. The standard InChI is InChI=1S/C33H42N6O8/c1-20-18-22(12-14-24(20)34-28(42)46-7)38-26(40)32(3,4)36(30(38)44)16-10-9-11-17-37-31(45)39(27(41)33(37,5)6)23-13-15-25(21(2)19-23)35-29(43)47-8/h12-15,18-19H,9-11,16-17H2,1-8H3,(H,34,42)(H,35,43). The van der Waals surface area contributed by atoms with E-state index in [0.29, 0.717) is 66.2 Å². The molecule has 2 aliphatic rings. The van der Waals surface area contributed by atoms with Crippen molar-refractivity contribution in [3.63, 3.8) is 0 Å². The normalized spacial score (nSPS) is 17.0. The highest BCUT2D eigenvalue weighted by Gasteiger charge is 2.52. The highest BCUT2D eigenvalue weighted by atomic mass is 16.5. The Hall–Kier alpha value is -5.14. The van der Waals surface area contributed by atoms with Crippen LogP contribution in [0.4, 0.5) is 41.9 Å². The van der Waals surface area contributed by atoms with E-state index in [4.69, 9.17) is 0 Å². The van der Waals surface area contributed by atoms with Gasteiger partial charge in [0.1, 0.15) is 11.1 Å². The van der Waals surface area contributed by atoms with Crippen molar-refractivity contribution in [2.24, 2.45) is 0 Å². The lowest BCUT2D eigenvalue weighted by Gasteiger charge is -2.29. The first-order chi connectivity index (χ1) is 22.1. The highest BCUT2D eigenvalue weighted by molar-refractivity contribution is 6.24. The van der Waals surface area contributed by atoms with Gasteiger partial charge >= 0.3 is 24.2 Å². The maximum atomic E-state index is 13.5. The maximum absolute atomic E-state index is 13.5. The van der Waals surface area contributed by atoms with Gasteiger partial charge in [0, 0.05) is 24.5 Å². The monoisotopic (exact) mass is 650 g/mol. The van der Waals surface area contributed by atoms with Gasteiger partial charge in [-0.2, -0.15) is 0 Å². The minimum atomic E-state index is -1.08. The van der Waals surface area contributed by atoms with E-state index >= 15 is 0 Å². The van der Waals surface area contributed by atoms with Crippen molar-refractivity contribution >= 4 is 58.8 Å². The van der Waals surface area contributed by atoms with Crippen molar-refractivity contribution in [3.05, 3.63) is 47.5 Å². The Morgan fingerprint density at radius 2 is 1.00 bits per heavy atom. The van der Waals surface area contributed by atoms with Crippen molar-refractivity contribution in [1.29, 1.82) is 0 Å². The second-order valence-electron chi connectivity index (χ2n) is 12.6. The van der Waals surface area contributed by atoms with Crippen LogP contribution in [0.1, 0.15) is 58.1 Å². The smallest absolute Gasteiger partial charge is 0.411 e. The molecular weight excluding hydrogens is 608 g/mol. The number of nitrogens with one attached hydrogen (secondary N) is 2. The van der Waals surface area contributed by atoms with Crippen LogP contribution in [0.15, 0.2) is 36.4 Å². The predicted molar refractivity (Wildman–Crippen MR) is 176 cm³/mol. The van der Waals surface area contributed by atoms with Crippen molar-refractivity contribution < 1.29 is 38.2 Å². The molecule has 4 rings (SSSR count). The fourth-order valence-electron chi connectivity index (χ4n) is 5.77. The van der Waals surface area contributed by atoms with E-state index in [-0.39, 0.29) is 11.8 Å². The summed E-state index contributed by atoms with van der Waals surface area (Å²) in [6.07, 6.45) is 0.539. The van der Waals surface area contributed by atoms with Crippen molar-refractivity contribution in [2.45, 2.75) is 71.9 Å². The van der Waals surface area contributed by atoms with E-state index in [1.165, 1.54) is 14.2 Å². The Labute approximate surface area is 273 Å². The first-order valence-electron chi connectivity index (χ1n) is 15.3. The van der Waals surface area contributed by atoms with Gasteiger partial charge in [0.2, 0.25) is 0 Å². The molecule has 2 fully saturated rings. The van der Waals surface area contributed by atoms with Gasteiger partial charge in [0.15, 0.2) is 0 Å². The minimum Gasteiger partial charge on any atom is -0.453 e. The molecule has 0 radical (unpaired) electrons.